The predicted octanol–water partition coefficient (Wildman–Crippen LogP) is 2.80. The Hall–Kier alpha value is -1.92. The van der Waals surface area contributed by atoms with E-state index in [1.165, 1.54) is 19.3 Å². The molecular formula is C13H21N5O2. The Balaban J connectivity index is 2.20. The minimum atomic E-state index is -0.444. The monoisotopic (exact) mass is 279 g/mol. The second-order valence-corrected chi connectivity index (χ2v) is 5.31. The highest BCUT2D eigenvalue weighted by atomic mass is 16.6. The van der Waals surface area contributed by atoms with Gasteiger partial charge in [0, 0.05) is 6.04 Å². The third kappa shape index (κ3) is 3.55. The van der Waals surface area contributed by atoms with Crippen LogP contribution < -0.4 is 11.1 Å². The summed E-state index contributed by atoms with van der Waals surface area (Å²) in [7, 11) is 0. The van der Waals surface area contributed by atoms with Crippen LogP contribution in [0.15, 0.2) is 0 Å². The standard InChI is InChI=1S/C13H21N5O2/c1-9-11(18(19)20)12(17-13(14)15-9)16-10-7-5-3-2-4-6-8-10/h10H,2-8H2,1H3,(H3,14,15,16,17). The molecule has 7 heteroatoms. The van der Waals surface area contributed by atoms with Crippen molar-refractivity contribution in [1.29, 1.82) is 0 Å². The van der Waals surface area contributed by atoms with E-state index >= 15 is 0 Å². The van der Waals surface area contributed by atoms with Gasteiger partial charge in [-0.2, -0.15) is 4.98 Å². The number of hydrogen-bond acceptors (Lipinski definition) is 6. The molecule has 0 aromatic carbocycles. The molecule has 0 saturated heterocycles. The van der Waals surface area contributed by atoms with Gasteiger partial charge in [0.25, 0.3) is 0 Å². The molecule has 1 saturated carbocycles. The Kier molecular flexibility index (Phi) is 4.70. The van der Waals surface area contributed by atoms with E-state index in [1.807, 2.05) is 0 Å². The number of nitrogen functional groups attached to an aromatic ring is 1. The molecule has 1 heterocycles. The van der Waals surface area contributed by atoms with Crippen molar-refractivity contribution in [2.75, 3.05) is 11.1 Å². The summed E-state index contributed by atoms with van der Waals surface area (Å²) in [6.45, 7) is 1.58. The topological polar surface area (TPSA) is 107 Å². The summed E-state index contributed by atoms with van der Waals surface area (Å²) < 4.78 is 0. The van der Waals surface area contributed by atoms with E-state index in [1.54, 1.807) is 6.92 Å². The normalized spacial score (nSPS) is 17.2. The average molecular weight is 279 g/mol. The summed E-state index contributed by atoms with van der Waals surface area (Å²) in [6, 6.07) is 0.225. The van der Waals surface area contributed by atoms with Crippen LogP contribution in [0.1, 0.15) is 50.6 Å². The van der Waals surface area contributed by atoms with E-state index in [-0.39, 0.29) is 23.5 Å². The number of rotatable bonds is 3. The van der Waals surface area contributed by atoms with Crippen molar-refractivity contribution >= 4 is 17.5 Å². The van der Waals surface area contributed by atoms with Gasteiger partial charge in [-0.1, -0.05) is 32.1 Å². The van der Waals surface area contributed by atoms with Gasteiger partial charge in [0.1, 0.15) is 5.69 Å². The van der Waals surface area contributed by atoms with E-state index in [2.05, 4.69) is 15.3 Å². The van der Waals surface area contributed by atoms with E-state index in [9.17, 15) is 10.1 Å². The summed E-state index contributed by atoms with van der Waals surface area (Å²) in [5, 5.41) is 14.4. The zero-order valence-corrected chi connectivity index (χ0v) is 11.8. The Labute approximate surface area is 118 Å². The molecule has 0 bridgehead atoms. The highest BCUT2D eigenvalue weighted by Crippen LogP contribution is 2.28. The number of nitro groups is 1. The van der Waals surface area contributed by atoms with E-state index in [0.717, 1.165) is 25.7 Å². The third-order valence-corrected chi connectivity index (χ3v) is 3.70. The summed E-state index contributed by atoms with van der Waals surface area (Å²) >= 11 is 0. The molecule has 1 aromatic rings. The largest absolute Gasteiger partial charge is 0.368 e. The Morgan fingerprint density at radius 2 is 1.80 bits per heavy atom. The molecular weight excluding hydrogens is 258 g/mol. The number of nitrogens with two attached hydrogens (primary N) is 1. The maximum absolute atomic E-state index is 11.2. The van der Waals surface area contributed by atoms with Crippen LogP contribution in [0.3, 0.4) is 0 Å². The average Bonchev–Trinajstić information content (AvgIpc) is 2.30. The van der Waals surface area contributed by atoms with E-state index in [0.29, 0.717) is 5.69 Å². The first kappa shape index (κ1) is 14.5. The van der Waals surface area contributed by atoms with Crippen LogP contribution in [-0.2, 0) is 0 Å². The minimum absolute atomic E-state index is 0.0683. The molecule has 0 spiro atoms. The van der Waals surface area contributed by atoms with Crippen molar-refractivity contribution in [3.05, 3.63) is 15.8 Å². The van der Waals surface area contributed by atoms with Gasteiger partial charge in [0.2, 0.25) is 11.8 Å². The van der Waals surface area contributed by atoms with Crippen LogP contribution in [0, 0.1) is 17.0 Å². The molecule has 110 valence electrons. The number of aromatic nitrogens is 2. The Morgan fingerprint density at radius 3 is 2.40 bits per heavy atom. The minimum Gasteiger partial charge on any atom is -0.368 e. The number of nitrogens with one attached hydrogen (secondary N) is 1. The fraction of sp³-hybridized carbons (Fsp3) is 0.692. The van der Waals surface area contributed by atoms with Gasteiger partial charge in [-0.05, 0) is 19.8 Å². The first-order valence-electron chi connectivity index (χ1n) is 7.13. The molecule has 0 aliphatic heterocycles. The first-order valence-corrected chi connectivity index (χ1v) is 7.13. The van der Waals surface area contributed by atoms with Crippen molar-refractivity contribution in [2.24, 2.45) is 0 Å². The SMILES string of the molecule is Cc1nc(N)nc(NC2CCCCCCC2)c1[N+](=O)[O-]. The van der Waals surface area contributed by atoms with Gasteiger partial charge in [-0.25, -0.2) is 4.98 Å². The number of aryl methyl sites for hydroxylation is 1. The molecule has 20 heavy (non-hydrogen) atoms. The Bertz CT molecular complexity index is 484. The van der Waals surface area contributed by atoms with Crippen LogP contribution in [0.25, 0.3) is 0 Å². The van der Waals surface area contributed by atoms with Crippen molar-refractivity contribution in [1.82, 2.24) is 9.97 Å². The Morgan fingerprint density at radius 1 is 1.20 bits per heavy atom. The quantitative estimate of drug-likeness (QED) is 0.650. The number of nitrogens with zero attached hydrogens (tertiary/aromatic N) is 3. The molecule has 0 amide bonds. The van der Waals surface area contributed by atoms with Crippen molar-refractivity contribution in [2.45, 2.75) is 57.9 Å². The third-order valence-electron chi connectivity index (χ3n) is 3.70. The molecule has 1 aliphatic rings. The maximum atomic E-state index is 11.2. The zero-order valence-electron chi connectivity index (χ0n) is 11.8. The van der Waals surface area contributed by atoms with Gasteiger partial charge >= 0.3 is 5.69 Å². The maximum Gasteiger partial charge on any atom is 0.332 e. The number of anilines is 2. The molecule has 2 rings (SSSR count). The molecule has 0 unspecified atom stereocenters. The molecule has 1 aliphatic carbocycles. The van der Waals surface area contributed by atoms with Crippen molar-refractivity contribution < 1.29 is 4.92 Å². The summed E-state index contributed by atoms with van der Waals surface area (Å²) in [5.74, 6) is 0.326. The second-order valence-electron chi connectivity index (χ2n) is 5.31. The molecule has 0 atom stereocenters. The first-order chi connectivity index (χ1) is 9.58. The van der Waals surface area contributed by atoms with Crippen LogP contribution in [-0.4, -0.2) is 20.9 Å². The summed E-state index contributed by atoms with van der Waals surface area (Å²) in [4.78, 5) is 18.6. The highest BCUT2D eigenvalue weighted by molar-refractivity contribution is 5.60. The molecule has 0 radical (unpaired) electrons. The molecule has 1 aromatic heterocycles. The lowest BCUT2D eigenvalue weighted by Gasteiger charge is -2.21. The summed E-state index contributed by atoms with van der Waals surface area (Å²) in [6.07, 6.45) is 8.05. The van der Waals surface area contributed by atoms with Crippen LogP contribution in [0.4, 0.5) is 17.5 Å². The van der Waals surface area contributed by atoms with Crippen molar-refractivity contribution in [3.8, 4) is 0 Å². The highest BCUT2D eigenvalue weighted by Gasteiger charge is 2.23. The van der Waals surface area contributed by atoms with E-state index < -0.39 is 4.92 Å². The van der Waals surface area contributed by atoms with Gasteiger partial charge in [0.05, 0.1) is 4.92 Å². The number of hydrogen-bond donors (Lipinski definition) is 2. The molecule has 3 N–H and O–H groups in total. The van der Waals surface area contributed by atoms with Crippen LogP contribution in [0.2, 0.25) is 0 Å². The second kappa shape index (κ2) is 6.49. The van der Waals surface area contributed by atoms with Gasteiger partial charge in [0.15, 0.2) is 0 Å². The molecule has 7 nitrogen and oxygen atoms in total. The predicted molar refractivity (Wildman–Crippen MR) is 77.6 cm³/mol. The molecule has 1 fully saturated rings. The summed E-state index contributed by atoms with van der Waals surface area (Å²) in [5.41, 5.74) is 5.84. The van der Waals surface area contributed by atoms with Crippen molar-refractivity contribution in [3.63, 3.8) is 0 Å². The van der Waals surface area contributed by atoms with Crippen LogP contribution >= 0.6 is 0 Å². The van der Waals surface area contributed by atoms with Gasteiger partial charge in [-0.15, -0.1) is 0 Å². The lowest BCUT2D eigenvalue weighted by molar-refractivity contribution is -0.385. The van der Waals surface area contributed by atoms with Gasteiger partial charge in [-0.3, -0.25) is 10.1 Å². The fourth-order valence-electron chi connectivity index (χ4n) is 2.70. The zero-order chi connectivity index (χ0) is 14.5. The lowest BCUT2D eigenvalue weighted by atomic mass is 9.97. The smallest absolute Gasteiger partial charge is 0.332 e. The van der Waals surface area contributed by atoms with Crippen LogP contribution in [0.5, 0.6) is 0 Å². The van der Waals surface area contributed by atoms with Gasteiger partial charge < -0.3 is 11.1 Å². The van der Waals surface area contributed by atoms with E-state index in [4.69, 9.17) is 5.73 Å². The lowest BCUT2D eigenvalue weighted by Crippen LogP contribution is -2.22. The fourth-order valence-corrected chi connectivity index (χ4v) is 2.70.